The Morgan fingerprint density at radius 3 is 2.74 bits per heavy atom. The first-order chi connectivity index (χ1) is 8.83. The van der Waals surface area contributed by atoms with Crippen molar-refractivity contribution in [3.05, 3.63) is 29.8 Å². The molecule has 1 unspecified atom stereocenters. The molecule has 0 aromatic heterocycles. The zero-order valence-electron chi connectivity index (χ0n) is 10.8. The largest absolute Gasteiger partial charge is 0.492 e. The molecule has 0 aliphatic heterocycles. The minimum atomic E-state index is -3.85. The van der Waals surface area contributed by atoms with E-state index in [1.54, 1.807) is 6.07 Å². The first-order valence-corrected chi connectivity index (χ1v) is 7.28. The normalized spacial score (nSPS) is 12.9. The molecule has 19 heavy (non-hydrogen) atoms. The van der Waals surface area contributed by atoms with Crippen LogP contribution in [0.4, 0.5) is 0 Å². The van der Waals surface area contributed by atoms with Gasteiger partial charge < -0.3 is 9.84 Å². The van der Waals surface area contributed by atoms with Gasteiger partial charge in [0.05, 0.1) is 0 Å². The van der Waals surface area contributed by atoms with E-state index in [9.17, 15) is 13.2 Å². The van der Waals surface area contributed by atoms with E-state index < -0.39 is 21.2 Å². The molecule has 0 bridgehead atoms. The average Bonchev–Trinajstić information content (AvgIpc) is 2.33. The summed E-state index contributed by atoms with van der Waals surface area (Å²) in [6.45, 7) is 3.19. The summed E-state index contributed by atoms with van der Waals surface area (Å²) in [6, 6.07) is 7.35. The van der Waals surface area contributed by atoms with Crippen LogP contribution in [-0.2, 0) is 14.8 Å². The lowest BCUT2D eigenvalue weighted by atomic mass is 10.2. The standard InChI is InChI=1S/C12H17NO5S/c1-9-4-3-5-11(8-9)18-7-6-13-19(16,17)10(2)12(14)15/h3-5,8,10,13H,6-7H2,1-2H3,(H,14,15). The van der Waals surface area contributed by atoms with Crippen LogP contribution >= 0.6 is 0 Å². The molecule has 106 valence electrons. The SMILES string of the molecule is Cc1cccc(OCCNS(=O)(=O)C(C)C(=O)O)c1. The highest BCUT2D eigenvalue weighted by Gasteiger charge is 2.26. The maximum atomic E-state index is 11.5. The van der Waals surface area contributed by atoms with E-state index in [0.29, 0.717) is 5.75 Å². The first-order valence-electron chi connectivity index (χ1n) is 5.73. The topological polar surface area (TPSA) is 92.7 Å². The molecule has 0 fully saturated rings. The van der Waals surface area contributed by atoms with Crippen molar-refractivity contribution >= 4 is 16.0 Å². The second-order valence-electron chi connectivity index (χ2n) is 4.08. The molecule has 1 aromatic carbocycles. The van der Waals surface area contributed by atoms with Crippen LogP contribution in [0.3, 0.4) is 0 Å². The number of ether oxygens (including phenoxy) is 1. The Morgan fingerprint density at radius 1 is 1.47 bits per heavy atom. The van der Waals surface area contributed by atoms with Crippen molar-refractivity contribution in [1.82, 2.24) is 4.72 Å². The highest BCUT2D eigenvalue weighted by molar-refractivity contribution is 7.90. The quantitative estimate of drug-likeness (QED) is 0.722. The van der Waals surface area contributed by atoms with Crippen molar-refractivity contribution in [2.45, 2.75) is 19.1 Å². The summed E-state index contributed by atoms with van der Waals surface area (Å²) >= 11 is 0. The third-order valence-corrected chi connectivity index (χ3v) is 4.22. The molecule has 1 aromatic rings. The van der Waals surface area contributed by atoms with Crippen molar-refractivity contribution in [2.24, 2.45) is 0 Å². The van der Waals surface area contributed by atoms with Crippen LogP contribution < -0.4 is 9.46 Å². The molecule has 0 aliphatic rings. The summed E-state index contributed by atoms with van der Waals surface area (Å²) < 4.78 is 30.5. The van der Waals surface area contributed by atoms with Gasteiger partial charge >= 0.3 is 5.97 Å². The van der Waals surface area contributed by atoms with Gasteiger partial charge in [0, 0.05) is 6.54 Å². The fourth-order valence-corrected chi connectivity index (χ4v) is 2.20. The Hall–Kier alpha value is -1.60. The summed E-state index contributed by atoms with van der Waals surface area (Å²) in [7, 11) is -3.85. The van der Waals surface area contributed by atoms with Gasteiger partial charge in [-0.3, -0.25) is 4.79 Å². The fraction of sp³-hybridized carbons (Fsp3) is 0.417. The number of hydrogen-bond acceptors (Lipinski definition) is 4. The molecule has 7 heteroatoms. The Bertz CT molecular complexity index is 541. The summed E-state index contributed by atoms with van der Waals surface area (Å²) in [5, 5.41) is 7.15. The van der Waals surface area contributed by atoms with Crippen LogP contribution in [0.15, 0.2) is 24.3 Å². The van der Waals surface area contributed by atoms with Gasteiger partial charge in [-0.2, -0.15) is 0 Å². The van der Waals surface area contributed by atoms with E-state index in [2.05, 4.69) is 4.72 Å². The Balaban J connectivity index is 2.41. The molecule has 0 saturated carbocycles. The molecule has 0 spiro atoms. The Labute approximate surface area is 112 Å². The maximum absolute atomic E-state index is 11.5. The number of nitrogens with one attached hydrogen (secondary N) is 1. The number of carboxylic acids is 1. The van der Waals surface area contributed by atoms with Crippen molar-refractivity contribution in [3.8, 4) is 5.75 Å². The van der Waals surface area contributed by atoms with E-state index in [1.807, 2.05) is 25.1 Å². The summed E-state index contributed by atoms with van der Waals surface area (Å²) in [6.07, 6.45) is 0. The zero-order chi connectivity index (χ0) is 14.5. The van der Waals surface area contributed by atoms with Crippen LogP contribution in [0.2, 0.25) is 0 Å². The van der Waals surface area contributed by atoms with E-state index in [1.165, 1.54) is 0 Å². The highest BCUT2D eigenvalue weighted by Crippen LogP contribution is 2.11. The number of hydrogen-bond donors (Lipinski definition) is 2. The second-order valence-corrected chi connectivity index (χ2v) is 6.17. The van der Waals surface area contributed by atoms with Crippen LogP contribution in [-0.4, -0.2) is 37.9 Å². The number of rotatable bonds is 7. The molecule has 0 aliphatic carbocycles. The maximum Gasteiger partial charge on any atom is 0.323 e. The van der Waals surface area contributed by atoms with E-state index in [-0.39, 0.29) is 13.2 Å². The van der Waals surface area contributed by atoms with Gasteiger partial charge in [0.25, 0.3) is 0 Å². The van der Waals surface area contributed by atoms with Crippen LogP contribution in [0, 0.1) is 6.92 Å². The molecule has 6 nitrogen and oxygen atoms in total. The monoisotopic (exact) mass is 287 g/mol. The molecule has 0 radical (unpaired) electrons. The number of carboxylic acid groups (broad SMARTS) is 1. The van der Waals surface area contributed by atoms with Crippen LogP contribution in [0.1, 0.15) is 12.5 Å². The molecular weight excluding hydrogens is 270 g/mol. The highest BCUT2D eigenvalue weighted by atomic mass is 32.2. The Kier molecular flexibility index (Phi) is 5.31. The van der Waals surface area contributed by atoms with Crippen LogP contribution in [0.25, 0.3) is 0 Å². The summed E-state index contributed by atoms with van der Waals surface area (Å²) in [4.78, 5) is 10.6. The molecule has 2 N–H and O–H groups in total. The average molecular weight is 287 g/mol. The van der Waals surface area contributed by atoms with Gasteiger partial charge in [0.1, 0.15) is 12.4 Å². The fourth-order valence-electron chi connectivity index (χ4n) is 1.32. The minimum Gasteiger partial charge on any atom is -0.492 e. The van der Waals surface area contributed by atoms with E-state index in [0.717, 1.165) is 12.5 Å². The predicted molar refractivity (Wildman–Crippen MR) is 70.7 cm³/mol. The lowest BCUT2D eigenvalue weighted by Gasteiger charge is -2.11. The number of sulfonamides is 1. The van der Waals surface area contributed by atoms with Gasteiger partial charge in [0.15, 0.2) is 5.25 Å². The molecule has 1 atom stereocenters. The predicted octanol–water partition coefficient (Wildman–Crippen LogP) is 0.766. The molecule has 0 saturated heterocycles. The third kappa shape index (κ3) is 4.88. The third-order valence-electron chi connectivity index (χ3n) is 2.48. The smallest absolute Gasteiger partial charge is 0.323 e. The lowest BCUT2D eigenvalue weighted by Crippen LogP contribution is -2.39. The minimum absolute atomic E-state index is 0.0217. The second kappa shape index (κ2) is 6.53. The number of aliphatic carboxylic acids is 1. The van der Waals surface area contributed by atoms with Crippen molar-refractivity contribution in [3.63, 3.8) is 0 Å². The molecule has 1 rings (SSSR count). The summed E-state index contributed by atoms with van der Waals surface area (Å²) in [5.41, 5.74) is 1.04. The van der Waals surface area contributed by atoms with E-state index in [4.69, 9.17) is 9.84 Å². The Morgan fingerprint density at radius 2 is 2.16 bits per heavy atom. The van der Waals surface area contributed by atoms with Crippen molar-refractivity contribution < 1.29 is 23.1 Å². The van der Waals surface area contributed by atoms with Gasteiger partial charge in [-0.25, -0.2) is 13.1 Å². The number of benzene rings is 1. The van der Waals surface area contributed by atoms with Gasteiger partial charge in [-0.1, -0.05) is 12.1 Å². The number of aryl methyl sites for hydroxylation is 1. The zero-order valence-corrected chi connectivity index (χ0v) is 11.6. The lowest BCUT2D eigenvalue weighted by molar-refractivity contribution is -0.136. The molecular formula is C12H17NO5S. The summed E-state index contributed by atoms with van der Waals surface area (Å²) in [5.74, 6) is -0.738. The van der Waals surface area contributed by atoms with Gasteiger partial charge in [-0.15, -0.1) is 0 Å². The van der Waals surface area contributed by atoms with E-state index >= 15 is 0 Å². The van der Waals surface area contributed by atoms with Gasteiger partial charge in [0.2, 0.25) is 10.0 Å². The molecule has 0 heterocycles. The molecule has 0 amide bonds. The van der Waals surface area contributed by atoms with Crippen LogP contribution in [0.5, 0.6) is 5.75 Å². The van der Waals surface area contributed by atoms with Crippen molar-refractivity contribution in [1.29, 1.82) is 0 Å². The number of carbonyl (C=O) groups is 1. The van der Waals surface area contributed by atoms with Crippen molar-refractivity contribution in [2.75, 3.05) is 13.2 Å². The first kappa shape index (κ1) is 15.5. The van der Waals surface area contributed by atoms with Gasteiger partial charge in [-0.05, 0) is 31.5 Å².